The average molecular weight is 356 g/mol. The molecule has 3 rings (SSSR count). The van der Waals surface area contributed by atoms with Crippen molar-refractivity contribution < 1.29 is 24.1 Å². The smallest absolute Gasteiger partial charge is 0.230 e. The van der Waals surface area contributed by atoms with Gasteiger partial charge in [0.2, 0.25) is 12.2 Å². The molecular formula is C19H20N2O5. The lowest BCUT2D eigenvalue weighted by atomic mass is 9.97. The van der Waals surface area contributed by atoms with E-state index in [1.165, 1.54) is 26.3 Å². The van der Waals surface area contributed by atoms with Crippen LogP contribution in [0.25, 0.3) is 0 Å². The van der Waals surface area contributed by atoms with Crippen LogP contribution >= 0.6 is 0 Å². The van der Waals surface area contributed by atoms with Gasteiger partial charge < -0.3 is 19.3 Å². The summed E-state index contributed by atoms with van der Waals surface area (Å²) in [6, 6.07) is 10.2. The fourth-order valence-electron chi connectivity index (χ4n) is 3.07. The maximum atomic E-state index is 11.6. The third-order valence-corrected chi connectivity index (χ3v) is 4.34. The summed E-state index contributed by atoms with van der Waals surface area (Å²) in [5, 5.41) is 15.8. The molecule has 0 fully saturated rings. The molecule has 1 aliphatic heterocycles. The number of hydrogen-bond acceptors (Lipinski definition) is 6. The van der Waals surface area contributed by atoms with Crippen molar-refractivity contribution in [3.63, 3.8) is 0 Å². The van der Waals surface area contributed by atoms with Crippen LogP contribution in [-0.4, -0.2) is 43.6 Å². The zero-order valence-electron chi connectivity index (χ0n) is 14.8. The van der Waals surface area contributed by atoms with Crippen LogP contribution in [0.3, 0.4) is 0 Å². The van der Waals surface area contributed by atoms with E-state index in [1.807, 2.05) is 6.07 Å². The van der Waals surface area contributed by atoms with Gasteiger partial charge in [-0.2, -0.15) is 5.10 Å². The van der Waals surface area contributed by atoms with Crippen LogP contribution < -0.4 is 14.2 Å². The number of para-hydroxylation sites is 1. The highest BCUT2D eigenvalue weighted by molar-refractivity contribution is 6.04. The van der Waals surface area contributed by atoms with E-state index < -0.39 is 0 Å². The van der Waals surface area contributed by atoms with E-state index in [1.54, 1.807) is 30.3 Å². The van der Waals surface area contributed by atoms with Crippen LogP contribution in [0.5, 0.6) is 23.0 Å². The molecule has 136 valence electrons. The number of methoxy groups -OCH3 is 3. The van der Waals surface area contributed by atoms with Gasteiger partial charge in [-0.1, -0.05) is 12.1 Å². The first kappa shape index (κ1) is 17.6. The van der Waals surface area contributed by atoms with Gasteiger partial charge in [-0.25, -0.2) is 5.01 Å². The van der Waals surface area contributed by atoms with E-state index in [4.69, 9.17) is 14.2 Å². The number of amides is 1. The largest absolute Gasteiger partial charge is 0.507 e. The van der Waals surface area contributed by atoms with Gasteiger partial charge in [0, 0.05) is 12.0 Å². The Morgan fingerprint density at radius 2 is 1.77 bits per heavy atom. The molecule has 1 unspecified atom stereocenters. The fraction of sp³-hybridized carbons (Fsp3) is 0.263. The minimum Gasteiger partial charge on any atom is -0.507 e. The third kappa shape index (κ3) is 3.03. The number of benzene rings is 2. The van der Waals surface area contributed by atoms with Gasteiger partial charge in [0.05, 0.1) is 33.1 Å². The molecular weight excluding hydrogens is 336 g/mol. The molecule has 0 saturated heterocycles. The Morgan fingerprint density at radius 1 is 1.12 bits per heavy atom. The highest BCUT2D eigenvalue weighted by atomic mass is 16.5. The first-order valence-corrected chi connectivity index (χ1v) is 8.02. The Hall–Kier alpha value is -3.22. The van der Waals surface area contributed by atoms with Crippen molar-refractivity contribution in [3.8, 4) is 23.0 Å². The molecule has 0 saturated carbocycles. The molecule has 0 aliphatic carbocycles. The standard InChI is InChI=1S/C19H20N2O5/c1-24-17-8-12(9-18(25-2)19(17)26-3)15-10-14(20-21(15)11-22)13-6-4-5-7-16(13)23/h4-9,11,15,23H,10H2,1-3H3. The van der Waals surface area contributed by atoms with Crippen molar-refractivity contribution in [2.45, 2.75) is 12.5 Å². The van der Waals surface area contributed by atoms with Crippen molar-refractivity contribution >= 4 is 12.1 Å². The Kier molecular flexibility index (Phi) is 4.97. The first-order valence-electron chi connectivity index (χ1n) is 8.02. The number of carbonyl (C=O) groups excluding carboxylic acids is 1. The second-order valence-corrected chi connectivity index (χ2v) is 5.73. The van der Waals surface area contributed by atoms with Gasteiger partial charge in [-0.15, -0.1) is 0 Å². The molecule has 1 atom stereocenters. The summed E-state index contributed by atoms with van der Waals surface area (Å²) in [5.41, 5.74) is 2.03. The maximum absolute atomic E-state index is 11.6. The lowest BCUT2D eigenvalue weighted by Crippen LogP contribution is -2.17. The Labute approximate surface area is 151 Å². The first-order chi connectivity index (χ1) is 12.6. The molecule has 0 aromatic heterocycles. The number of ether oxygens (including phenoxy) is 3. The number of rotatable bonds is 6. The van der Waals surface area contributed by atoms with E-state index in [-0.39, 0.29) is 11.8 Å². The predicted octanol–water partition coefficient (Wildman–Crippen LogP) is 2.73. The minimum absolute atomic E-state index is 0.127. The lowest BCUT2D eigenvalue weighted by Gasteiger charge is -2.20. The summed E-state index contributed by atoms with van der Waals surface area (Å²) in [5.74, 6) is 1.62. The van der Waals surface area contributed by atoms with Gasteiger partial charge >= 0.3 is 0 Å². The van der Waals surface area contributed by atoms with E-state index in [9.17, 15) is 9.90 Å². The van der Waals surface area contributed by atoms with E-state index >= 15 is 0 Å². The number of phenolic OH excluding ortho intramolecular Hbond substituents is 1. The van der Waals surface area contributed by atoms with Crippen molar-refractivity contribution in [3.05, 3.63) is 47.5 Å². The third-order valence-electron chi connectivity index (χ3n) is 4.34. The molecule has 0 bridgehead atoms. The number of carbonyl (C=O) groups is 1. The zero-order chi connectivity index (χ0) is 18.7. The van der Waals surface area contributed by atoms with Crippen molar-refractivity contribution in [2.24, 2.45) is 5.10 Å². The predicted molar refractivity (Wildman–Crippen MR) is 96.0 cm³/mol. The van der Waals surface area contributed by atoms with Gasteiger partial charge in [-0.05, 0) is 29.8 Å². The molecule has 7 nitrogen and oxygen atoms in total. The highest BCUT2D eigenvalue weighted by Gasteiger charge is 2.31. The molecule has 7 heteroatoms. The van der Waals surface area contributed by atoms with Crippen LogP contribution in [0, 0.1) is 0 Å². The quantitative estimate of drug-likeness (QED) is 0.805. The topological polar surface area (TPSA) is 80.6 Å². The summed E-state index contributed by atoms with van der Waals surface area (Å²) in [6.07, 6.45) is 1.12. The summed E-state index contributed by atoms with van der Waals surface area (Å²) < 4.78 is 16.1. The molecule has 1 aliphatic rings. The van der Waals surface area contributed by atoms with Crippen LogP contribution in [0.1, 0.15) is 23.6 Å². The normalized spacial score (nSPS) is 16.2. The average Bonchev–Trinajstić information content (AvgIpc) is 3.11. The van der Waals surface area contributed by atoms with Crippen molar-refractivity contribution in [1.29, 1.82) is 0 Å². The van der Waals surface area contributed by atoms with E-state index in [0.29, 0.717) is 41.4 Å². The molecule has 26 heavy (non-hydrogen) atoms. The molecule has 1 N–H and O–H groups in total. The van der Waals surface area contributed by atoms with Gasteiger partial charge in [0.15, 0.2) is 11.5 Å². The highest BCUT2D eigenvalue weighted by Crippen LogP contribution is 2.43. The molecule has 1 heterocycles. The summed E-state index contributed by atoms with van der Waals surface area (Å²) in [6.45, 7) is 0. The molecule has 0 spiro atoms. The Bertz CT molecular complexity index is 825. The second-order valence-electron chi connectivity index (χ2n) is 5.73. The van der Waals surface area contributed by atoms with Crippen LogP contribution in [0.4, 0.5) is 0 Å². The second kappa shape index (κ2) is 7.35. The van der Waals surface area contributed by atoms with Crippen molar-refractivity contribution in [1.82, 2.24) is 5.01 Å². The van der Waals surface area contributed by atoms with Gasteiger partial charge in [-0.3, -0.25) is 4.79 Å². The summed E-state index contributed by atoms with van der Waals surface area (Å²) in [4.78, 5) is 11.6. The van der Waals surface area contributed by atoms with Crippen LogP contribution in [-0.2, 0) is 4.79 Å². The Morgan fingerprint density at radius 3 is 2.31 bits per heavy atom. The number of aromatic hydroxyl groups is 1. The molecule has 0 radical (unpaired) electrons. The number of hydrazone groups is 1. The monoisotopic (exact) mass is 356 g/mol. The lowest BCUT2D eigenvalue weighted by molar-refractivity contribution is -0.119. The van der Waals surface area contributed by atoms with Crippen LogP contribution in [0.2, 0.25) is 0 Å². The molecule has 2 aromatic carbocycles. The fourth-order valence-corrected chi connectivity index (χ4v) is 3.07. The minimum atomic E-state index is -0.337. The van der Waals surface area contributed by atoms with Crippen LogP contribution in [0.15, 0.2) is 41.5 Å². The number of nitrogens with zero attached hydrogens (tertiary/aromatic N) is 2. The number of phenols is 1. The zero-order valence-corrected chi connectivity index (χ0v) is 14.8. The van der Waals surface area contributed by atoms with E-state index in [2.05, 4.69) is 5.10 Å². The van der Waals surface area contributed by atoms with Gasteiger partial charge in [0.1, 0.15) is 5.75 Å². The summed E-state index contributed by atoms with van der Waals surface area (Å²) in [7, 11) is 4.61. The number of hydrogen-bond donors (Lipinski definition) is 1. The molecule has 1 amide bonds. The maximum Gasteiger partial charge on any atom is 0.230 e. The van der Waals surface area contributed by atoms with Crippen molar-refractivity contribution in [2.75, 3.05) is 21.3 Å². The molecule has 2 aromatic rings. The Balaban J connectivity index is 2.00. The van der Waals surface area contributed by atoms with E-state index in [0.717, 1.165) is 5.56 Å². The summed E-state index contributed by atoms with van der Waals surface area (Å²) >= 11 is 0. The van der Waals surface area contributed by atoms with Gasteiger partial charge in [0.25, 0.3) is 0 Å². The SMILES string of the molecule is COc1cc(C2CC(c3ccccc3O)=NN2C=O)cc(OC)c1OC.